The molecule has 7 heteroatoms. The molecule has 0 N–H and O–H groups in total. The summed E-state index contributed by atoms with van der Waals surface area (Å²) in [4.78, 5) is 28.1. The van der Waals surface area contributed by atoms with Gasteiger partial charge >= 0.3 is 0 Å². The highest BCUT2D eigenvalue weighted by molar-refractivity contribution is 7.13. The second kappa shape index (κ2) is 5.72. The number of Topliss-reactive ketones (excluding diaryl/α,β-unsaturated/α-hetero) is 1. The van der Waals surface area contributed by atoms with Crippen LogP contribution in [-0.4, -0.2) is 65.3 Å². The molecule has 0 amide bonds. The van der Waals surface area contributed by atoms with Crippen LogP contribution in [0.2, 0.25) is 0 Å². The van der Waals surface area contributed by atoms with E-state index in [0.717, 1.165) is 37.8 Å². The lowest BCUT2D eigenvalue weighted by atomic mass is 10.2. The van der Waals surface area contributed by atoms with Gasteiger partial charge in [0, 0.05) is 45.1 Å². The number of hydrogen-bond donors (Lipinski definition) is 0. The number of thiazole rings is 1. The van der Waals surface area contributed by atoms with Crippen LogP contribution in [0.3, 0.4) is 0 Å². The van der Waals surface area contributed by atoms with E-state index in [4.69, 9.17) is 0 Å². The van der Waals surface area contributed by atoms with Crippen LogP contribution >= 0.6 is 11.3 Å². The topological polar surface area (TPSA) is 52.0 Å². The molecule has 0 saturated heterocycles. The van der Waals surface area contributed by atoms with Crippen molar-refractivity contribution in [1.29, 1.82) is 0 Å². The van der Waals surface area contributed by atoms with Gasteiger partial charge in [-0.25, -0.2) is 9.98 Å². The molecule has 0 aromatic carbocycles. The van der Waals surface area contributed by atoms with Crippen molar-refractivity contribution in [1.82, 2.24) is 19.7 Å². The third-order valence-electron chi connectivity index (χ3n) is 3.95. The maximum absolute atomic E-state index is 11.4. The number of nitrogens with zero attached hydrogens (tertiary/aromatic N) is 5. The Balaban J connectivity index is 1.70. The molecule has 118 valence electrons. The zero-order valence-electron chi connectivity index (χ0n) is 13.5. The minimum atomic E-state index is 0.0487. The summed E-state index contributed by atoms with van der Waals surface area (Å²) in [6.45, 7) is 6.04. The Morgan fingerprint density at radius 1 is 1.36 bits per heavy atom. The first kappa shape index (κ1) is 15.0. The summed E-state index contributed by atoms with van der Waals surface area (Å²) in [5.41, 5.74) is 2.16. The van der Waals surface area contributed by atoms with Gasteiger partial charge in [-0.2, -0.15) is 0 Å². The molecule has 0 radical (unpaired) electrons. The second-order valence-electron chi connectivity index (χ2n) is 5.82. The monoisotopic (exact) mass is 319 g/mol. The predicted molar refractivity (Wildman–Crippen MR) is 88.0 cm³/mol. The van der Waals surface area contributed by atoms with Crippen LogP contribution in [0, 0.1) is 6.92 Å². The minimum Gasteiger partial charge on any atom is -0.358 e. The van der Waals surface area contributed by atoms with E-state index >= 15 is 0 Å². The van der Waals surface area contributed by atoms with E-state index in [1.165, 1.54) is 21.9 Å². The molecule has 0 unspecified atom stereocenters. The Labute approximate surface area is 134 Å². The van der Waals surface area contributed by atoms with E-state index in [2.05, 4.69) is 45.0 Å². The molecule has 0 bridgehead atoms. The van der Waals surface area contributed by atoms with Gasteiger partial charge in [-0.05, 0) is 6.92 Å². The second-order valence-corrected chi connectivity index (χ2v) is 6.90. The number of carbonyl (C=O) groups is 1. The van der Waals surface area contributed by atoms with E-state index in [-0.39, 0.29) is 5.78 Å². The van der Waals surface area contributed by atoms with Gasteiger partial charge in [-0.15, -0.1) is 11.3 Å². The summed E-state index contributed by atoms with van der Waals surface area (Å²) in [5, 5.41) is 0.617. The van der Waals surface area contributed by atoms with Crippen LogP contribution in [0.1, 0.15) is 27.3 Å². The maximum Gasteiger partial charge on any atom is 0.188 e. The Kier molecular flexibility index (Phi) is 3.90. The molecule has 3 heterocycles. The number of rotatable bonds is 4. The number of aliphatic imine (C=N–C) groups is 1. The van der Waals surface area contributed by atoms with Gasteiger partial charge in [0.25, 0.3) is 0 Å². The van der Waals surface area contributed by atoms with Crippen molar-refractivity contribution in [2.45, 2.75) is 20.3 Å². The number of hydrogen-bond acceptors (Lipinski definition) is 7. The van der Waals surface area contributed by atoms with Gasteiger partial charge in [0.2, 0.25) is 0 Å². The molecule has 1 aromatic rings. The predicted octanol–water partition coefficient (Wildman–Crippen LogP) is 1.54. The molecule has 2 aliphatic rings. The summed E-state index contributed by atoms with van der Waals surface area (Å²) in [7, 11) is 4.13. The number of likely N-dealkylation sites (N-methyl/N-ethyl adjacent to an activating group) is 2. The fourth-order valence-electron chi connectivity index (χ4n) is 2.72. The lowest BCUT2D eigenvalue weighted by Crippen LogP contribution is -2.43. The first-order chi connectivity index (χ1) is 10.5. The van der Waals surface area contributed by atoms with Crippen LogP contribution in [0.4, 0.5) is 0 Å². The number of aromatic nitrogens is 1. The molecule has 0 fully saturated rings. The first-order valence-electron chi connectivity index (χ1n) is 7.36. The highest BCUT2D eigenvalue weighted by Crippen LogP contribution is 2.22. The normalized spacial score (nSPS) is 17.5. The maximum atomic E-state index is 11.4. The van der Waals surface area contributed by atoms with Gasteiger partial charge in [-0.1, -0.05) is 0 Å². The van der Waals surface area contributed by atoms with Crippen molar-refractivity contribution < 1.29 is 4.79 Å². The number of amidine groups is 1. The molecular weight excluding hydrogens is 298 g/mol. The van der Waals surface area contributed by atoms with Crippen LogP contribution < -0.4 is 0 Å². The smallest absolute Gasteiger partial charge is 0.188 e. The van der Waals surface area contributed by atoms with Crippen molar-refractivity contribution in [3.05, 3.63) is 27.5 Å². The average molecular weight is 319 g/mol. The van der Waals surface area contributed by atoms with Gasteiger partial charge in [0.05, 0.1) is 18.1 Å². The lowest BCUT2D eigenvalue weighted by Gasteiger charge is -2.34. The van der Waals surface area contributed by atoms with E-state index in [1.807, 2.05) is 6.92 Å². The summed E-state index contributed by atoms with van der Waals surface area (Å²) >= 11 is 1.52. The number of ketones is 1. The van der Waals surface area contributed by atoms with E-state index in [1.54, 1.807) is 6.92 Å². The third kappa shape index (κ3) is 2.72. The standard InChI is InChI=1S/C15H21N5OS/c1-10-13(22-15(17-10)11(2)21)5-6-20-7-12-14(19(4)9-20)16-8-18(12)3/h7H,5-6,8-9H2,1-4H3. The zero-order chi connectivity index (χ0) is 15.9. The van der Waals surface area contributed by atoms with Gasteiger partial charge < -0.3 is 14.7 Å². The summed E-state index contributed by atoms with van der Waals surface area (Å²) < 4.78 is 0. The molecule has 0 aliphatic carbocycles. The summed E-state index contributed by atoms with van der Waals surface area (Å²) in [5.74, 6) is 1.12. The van der Waals surface area contributed by atoms with Gasteiger partial charge in [0.15, 0.2) is 16.6 Å². The van der Waals surface area contributed by atoms with Crippen LogP contribution in [0.15, 0.2) is 16.9 Å². The quantitative estimate of drug-likeness (QED) is 0.788. The van der Waals surface area contributed by atoms with Crippen molar-refractivity contribution >= 4 is 23.0 Å². The van der Waals surface area contributed by atoms with E-state index < -0.39 is 0 Å². The van der Waals surface area contributed by atoms with E-state index in [9.17, 15) is 4.79 Å². The summed E-state index contributed by atoms with van der Waals surface area (Å²) in [6.07, 6.45) is 3.10. The molecule has 0 saturated carbocycles. The molecule has 22 heavy (non-hydrogen) atoms. The number of fused-ring (bicyclic) bond motifs is 1. The molecule has 6 nitrogen and oxygen atoms in total. The summed E-state index contributed by atoms with van der Waals surface area (Å²) in [6, 6.07) is 0. The molecular formula is C15H21N5OS. The van der Waals surface area contributed by atoms with Gasteiger partial charge in [0.1, 0.15) is 6.67 Å². The fourth-order valence-corrected chi connectivity index (χ4v) is 3.66. The third-order valence-corrected chi connectivity index (χ3v) is 5.27. The highest BCUT2D eigenvalue weighted by atomic mass is 32.1. The first-order valence-corrected chi connectivity index (χ1v) is 8.17. The molecule has 1 aromatic heterocycles. The zero-order valence-corrected chi connectivity index (χ0v) is 14.3. The van der Waals surface area contributed by atoms with Crippen LogP contribution in [-0.2, 0) is 6.42 Å². The SMILES string of the molecule is CC(=O)c1nc(C)c(CCN2C=C3C(=NCN3C)N(C)C2)s1. The number of carbonyl (C=O) groups excluding carboxylic acids is 1. The molecule has 2 aliphatic heterocycles. The minimum absolute atomic E-state index is 0.0487. The Morgan fingerprint density at radius 3 is 2.82 bits per heavy atom. The lowest BCUT2D eigenvalue weighted by molar-refractivity contribution is 0.101. The molecule has 0 atom stereocenters. The fraction of sp³-hybridized carbons (Fsp3) is 0.533. The van der Waals surface area contributed by atoms with Crippen LogP contribution in [0.25, 0.3) is 0 Å². The molecule has 0 spiro atoms. The largest absolute Gasteiger partial charge is 0.358 e. The van der Waals surface area contributed by atoms with Crippen molar-refractivity contribution in [2.24, 2.45) is 4.99 Å². The average Bonchev–Trinajstić information content (AvgIpc) is 3.01. The van der Waals surface area contributed by atoms with E-state index in [0.29, 0.717) is 5.01 Å². The van der Waals surface area contributed by atoms with Crippen molar-refractivity contribution in [3.63, 3.8) is 0 Å². The Bertz CT molecular complexity index is 663. The Morgan fingerprint density at radius 2 is 2.14 bits per heavy atom. The number of aryl methyl sites for hydroxylation is 1. The Hall–Kier alpha value is -1.89. The van der Waals surface area contributed by atoms with Crippen LogP contribution in [0.5, 0.6) is 0 Å². The van der Waals surface area contributed by atoms with Crippen molar-refractivity contribution in [2.75, 3.05) is 34.0 Å². The van der Waals surface area contributed by atoms with Crippen molar-refractivity contribution in [3.8, 4) is 0 Å². The molecule has 3 rings (SSSR count). The highest BCUT2D eigenvalue weighted by Gasteiger charge is 2.27. The van der Waals surface area contributed by atoms with Gasteiger partial charge in [-0.3, -0.25) is 4.79 Å².